The van der Waals surface area contributed by atoms with Gasteiger partial charge in [0.05, 0.1) is 12.5 Å². The Morgan fingerprint density at radius 2 is 1.62 bits per heavy atom. The molecule has 200 valence electrons. The minimum absolute atomic E-state index is 0.0626. The fourth-order valence-electron chi connectivity index (χ4n) is 5.05. The van der Waals surface area contributed by atoms with Crippen molar-refractivity contribution in [3.63, 3.8) is 0 Å². The van der Waals surface area contributed by atoms with E-state index in [0.29, 0.717) is 26.2 Å². The molecule has 0 radical (unpaired) electrons. The molecule has 3 heterocycles. The SMILES string of the molecule is COc1ccc(-n2cc(-c3ccccc3)c3c(N4CCN(C(=O)/C=C/c5ccc(F)cc5)CC4)ncnc32)cc1. The quantitative estimate of drug-likeness (QED) is 0.266. The summed E-state index contributed by atoms with van der Waals surface area (Å²) in [6, 6.07) is 24.2. The number of nitrogens with zero attached hydrogens (tertiary/aromatic N) is 5. The number of carbonyl (C=O) groups excluding carboxylic acids is 1. The number of rotatable bonds is 6. The number of carbonyl (C=O) groups is 1. The molecule has 1 aliphatic heterocycles. The molecular weight excluding hydrogens is 505 g/mol. The summed E-state index contributed by atoms with van der Waals surface area (Å²) in [5.74, 6) is 1.28. The standard InChI is InChI=1S/C32H28FN5O2/c1-40-27-14-12-26(13-15-27)38-21-28(24-5-3-2-4-6-24)30-31(34-22-35-32(30)38)37-19-17-36(18-20-37)29(39)16-9-23-7-10-25(33)11-8-23/h2-16,21-22H,17-20H2,1H3/b16-9+. The summed E-state index contributed by atoms with van der Waals surface area (Å²) in [4.78, 5) is 26.3. The fraction of sp³-hybridized carbons (Fsp3) is 0.156. The zero-order valence-corrected chi connectivity index (χ0v) is 22.1. The minimum Gasteiger partial charge on any atom is -0.497 e. The Hall–Kier alpha value is -4.98. The molecule has 0 N–H and O–H groups in total. The van der Waals surface area contributed by atoms with Crippen molar-refractivity contribution in [3.05, 3.63) is 109 Å². The van der Waals surface area contributed by atoms with E-state index in [4.69, 9.17) is 14.7 Å². The van der Waals surface area contributed by atoms with E-state index in [1.165, 1.54) is 12.1 Å². The van der Waals surface area contributed by atoms with Gasteiger partial charge < -0.3 is 19.1 Å². The number of fused-ring (bicyclic) bond motifs is 1. The number of aromatic nitrogens is 3. The molecule has 0 aliphatic carbocycles. The summed E-state index contributed by atoms with van der Waals surface area (Å²) in [5, 5.41) is 0.973. The van der Waals surface area contributed by atoms with E-state index in [2.05, 4.69) is 27.8 Å². The number of hydrogen-bond acceptors (Lipinski definition) is 5. The molecule has 40 heavy (non-hydrogen) atoms. The second-order valence-corrected chi connectivity index (χ2v) is 9.57. The van der Waals surface area contributed by atoms with Crippen molar-refractivity contribution < 1.29 is 13.9 Å². The van der Waals surface area contributed by atoms with Crippen LogP contribution in [0, 0.1) is 5.82 Å². The summed E-state index contributed by atoms with van der Waals surface area (Å²) < 4.78 is 20.6. The Morgan fingerprint density at radius 1 is 0.900 bits per heavy atom. The molecule has 1 amide bonds. The van der Waals surface area contributed by atoms with Gasteiger partial charge in [0.1, 0.15) is 23.7 Å². The van der Waals surface area contributed by atoms with Crippen molar-refractivity contribution in [2.45, 2.75) is 0 Å². The van der Waals surface area contributed by atoms with Gasteiger partial charge in [-0.15, -0.1) is 0 Å². The molecule has 5 aromatic rings. The fourth-order valence-corrected chi connectivity index (χ4v) is 5.05. The van der Waals surface area contributed by atoms with Crippen LogP contribution in [0.25, 0.3) is 33.9 Å². The monoisotopic (exact) mass is 533 g/mol. The van der Waals surface area contributed by atoms with E-state index >= 15 is 0 Å². The van der Waals surface area contributed by atoms with Gasteiger partial charge in [0, 0.05) is 49.7 Å². The lowest BCUT2D eigenvalue weighted by Gasteiger charge is -2.35. The molecule has 3 aromatic carbocycles. The van der Waals surface area contributed by atoms with Crippen molar-refractivity contribution in [3.8, 4) is 22.6 Å². The number of ether oxygens (including phenoxy) is 1. The molecule has 0 unspecified atom stereocenters. The molecule has 7 nitrogen and oxygen atoms in total. The van der Waals surface area contributed by atoms with Crippen LogP contribution in [0.2, 0.25) is 0 Å². The van der Waals surface area contributed by atoms with Gasteiger partial charge in [0.25, 0.3) is 0 Å². The topological polar surface area (TPSA) is 63.5 Å². The van der Waals surface area contributed by atoms with Crippen LogP contribution in [0.4, 0.5) is 10.2 Å². The van der Waals surface area contributed by atoms with Crippen LogP contribution in [0.1, 0.15) is 5.56 Å². The number of benzene rings is 3. The smallest absolute Gasteiger partial charge is 0.246 e. The number of hydrogen-bond donors (Lipinski definition) is 0. The van der Waals surface area contributed by atoms with Crippen molar-refractivity contribution in [1.82, 2.24) is 19.4 Å². The Balaban J connectivity index is 1.29. The summed E-state index contributed by atoms with van der Waals surface area (Å²) in [7, 11) is 1.65. The molecule has 0 atom stereocenters. The second kappa shape index (κ2) is 11.0. The van der Waals surface area contributed by atoms with Gasteiger partial charge in [-0.1, -0.05) is 42.5 Å². The Kier molecular flexibility index (Phi) is 6.97. The summed E-state index contributed by atoms with van der Waals surface area (Å²) in [5.41, 5.74) is 4.70. The lowest BCUT2D eigenvalue weighted by molar-refractivity contribution is -0.126. The van der Waals surface area contributed by atoms with Gasteiger partial charge in [-0.05, 0) is 53.6 Å². The van der Waals surface area contributed by atoms with Crippen molar-refractivity contribution in [2.75, 3.05) is 38.2 Å². The molecule has 0 saturated carbocycles. The Morgan fingerprint density at radius 3 is 2.33 bits per heavy atom. The molecule has 1 saturated heterocycles. The van der Waals surface area contributed by atoms with Crippen LogP contribution < -0.4 is 9.64 Å². The van der Waals surface area contributed by atoms with Gasteiger partial charge in [0.15, 0.2) is 5.65 Å². The minimum atomic E-state index is -0.298. The summed E-state index contributed by atoms with van der Waals surface area (Å²) >= 11 is 0. The van der Waals surface area contributed by atoms with Crippen molar-refractivity contribution >= 4 is 28.8 Å². The van der Waals surface area contributed by atoms with Gasteiger partial charge in [0.2, 0.25) is 5.91 Å². The van der Waals surface area contributed by atoms with E-state index in [-0.39, 0.29) is 11.7 Å². The molecule has 1 aliphatic rings. The van der Waals surface area contributed by atoms with Gasteiger partial charge in [-0.3, -0.25) is 4.79 Å². The Labute approximate surface area is 231 Å². The maximum atomic E-state index is 13.2. The van der Waals surface area contributed by atoms with Crippen LogP contribution in [-0.4, -0.2) is 58.6 Å². The van der Waals surface area contributed by atoms with Crippen LogP contribution in [-0.2, 0) is 4.79 Å². The zero-order chi connectivity index (χ0) is 27.5. The van der Waals surface area contributed by atoms with Crippen LogP contribution in [0.15, 0.2) is 97.5 Å². The normalized spacial score (nSPS) is 13.8. The van der Waals surface area contributed by atoms with Gasteiger partial charge in [-0.25, -0.2) is 14.4 Å². The van der Waals surface area contributed by atoms with E-state index in [1.807, 2.05) is 47.4 Å². The molecule has 6 rings (SSSR count). The first-order valence-electron chi connectivity index (χ1n) is 13.1. The number of methoxy groups -OCH3 is 1. The van der Waals surface area contributed by atoms with Crippen LogP contribution in [0.5, 0.6) is 5.75 Å². The molecule has 1 fully saturated rings. The maximum Gasteiger partial charge on any atom is 0.246 e. The molecule has 0 spiro atoms. The first kappa shape index (κ1) is 25.3. The third-order valence-corrected chi connectivity index (χ3v) is 7.18. The lowest BCUT2D eigenvalue weighted by Crippen LogP contribution is -2.48. The molecular formula is C32H28FN5O2. The van der Waals surface area contributed by atoms with Crippen LogP contribution in [0.3, 0.4) is 0 Å². The third-order valence-electron chi connectivity index (χ3n) is 7.18. The van der Waals surface area contributed by atoms with E-state index in [0.717, 1.165) is 45.0 Å². The summed E-state index contributed by atoms with van der Waals surface area (Å²) in [6.45, 7) is 2.42. The number of anilines is 1. The van der Waals surface area contributed by atoms with E-state index in [9.17, 15) is 9.18 Å². The van der Waals surface area contributed by atoms with Gasteiger partial charge in [-0.2, -0.15) is 0 Å². The third kappa shape index (κ3) is 5.03. The summed E-state index contributed by atoms with van der Waals surface area (Å²) in [6.07, 6.45) is 6.99. The number of amides is 1. The zero-order valence-electron chi connectivity index (χ0n) is 22.1. The highest BCUT2D eigenvalue weighted by atomic mass is 19.1. The van der Waals surface area contributed by atoms with Gasteiger partial charge >= 0.3 is 0 Å². The van der Waals surface area contributed by atoms with Crippen LogP contribution >= 0.6 is 0 Å². The highest BCUT2D eigenvalue weighted by Crippen LogP contribution is 2.37. The second-order valence-electron chi connectivity index (χ2n) is 9.57. The predicted octanol–water partition coefficient (Wildman–Crippen LogP) is 5.60. The number of piperazine rings is 1. The predicted molar refractivity (Wildman–Crippen MR) is 155 cm³/mol. The molecule has 8 heteroatoms. The first-order valence-corrected chi connectivity index (χ1v) is 13.1. The molecule has 0 bridgehead atoms. The van der Waals surface area contributed by atoms with E-state index < -0.39 is 0 Å². The average molecular weight is 534 g/mol. The highest BCUT2D eigenvalue weighted by molar-refractivity contribution is 6.02. The van der Waals surface area contributed by atoms with Crippen molar-refractivity contribution in [1.29, 1.82) is 0 Å². The first-order chi connectivity index (χ1) is 19.6. The highest BCUT2D eigenvalue weighted by Gasteiger charge is 2.25. The van der Waals surface area contributed by atoms with Crippen molar-refractivity contribution in [2.24, 2.45) is 0 Å². The largest absolute Gasteiger partial charge is 0.497 e. The van der Waals surface area contributed by atoms with E-state index in [1.54, 1.807) is 37.7 Å². The lowest BCUT2D eigenvalue weighted by atomic mass is 10.1. The Bertz CT molecular complexity index is 1660. The average Bonchev–Trinajstić information content (AvgIpc) is 3.41. The maximum absolute atomic E-state index is 13.2. The molecule has 2 aromatic heterocycles. The number of halogens is 1.